The van der Waals surface area contributed by atoms with Gasteiger partial charge in [-0.1, -0.05) is 0 Å². The second-order valence-electron chi connectivity index (χ2n) is 9.66. The minimum absolute atomic E-state index is 1.06. The molecule has 28 heavy (non-hydrogen) atoms. The minimum atomic E-state index is -1.06. The van der Waals surface area contributed by atoms with Crippen molar-refractivity contribution in [2.45, 2.75) is 143 Å². The summed E-state index contributed by atoms with van der Waals surface area (Å²) in [6, 6.07) is 0. The zero-order valence-electron chi connectivity index (χ0n) is 20.5. The van der Waals surface area contributed by atoms with E-state index in [0.717, 1.165) is 0 Å². The molecule has 0 aliphatic rings. The van der Waals surface area contributed by atoms with Crippen LogP contribution in [-0.4, -0.2) is 24.6 Å². The van der Waals surface area contributed by atoms with Crippen molar-refractivity contribution in [3.63, 3.8) is 0 Å². The fourth-order valence-corrected chi connectivity index (χ4v) is 10.2. The molecule has 0 spiro atoms. The molecule has 0 N–H and O–H groups in total. The van der Waals surface area contributed by atoms with Crippen molar-refractivity contribution in [1.29, 1.82) is 0 Å². The van der Waals surface area contributed by atoms with E-state index < -0.39 is 7.26 Å². The van der Waals surface area contributed by atoms with Crippen LogP contribution < -0.4 is 0 Å². The molecule has 0 unspecified atom stereocenters. The summed E-state index contributed by atoms with van der Waals surface area (Å²) in [7, 11) is -1.06. The van der Waals surface area contributed by atoms with Crippen LogP contribution in [0.5, 0.6) is 0 Å². The van der Waals surface area contributed by atoms with Gasteiger partial charge in [-0.05, 0) is 0 Å². The van der Waals surface area contributed by atoms with E-state index in [2.05, 4.69) is 27.7 Å². The van der Waals surface area contributed by atoms with E-state index in [4.69, 9.17) is 0 Å². The molecule has 0 amide bonds. The van der Waals surface area contributed by atoms with Gasteiger partial charge in [0.05, 0.1) is 0 Å². The Morgan fingerprint density at radius 1 is 0.393 bits per heavy atom. The van der Waals surface area contributed by atoms with Gasteiger partial charge < -0.3 is 0 Å². The van der Waals surface area contributed by atoms with Crippen LogP contribution in [0.4, 0.5) is 0 Å². The van der Waals surface area contributed by atoms with E-state index in [9.17, 15) is 0 Å². The topological polar surface area (TPSA) is 0 Å². The number of hydrogen-bond donors (Lipinski definition) is 0. The van der Waals surface area contributed by atoms with Crippen molar-refractivity contribution in [3.05, 3.63) is 6.92 Å². The van der Waals surface area contributed by atoms with Gasteiger partial charge in [0.1, 0.15) is 0 Å². The molecule has 0 aromatic carbocycles. The summed E-state index contributed by atoms with van der Waals surface area (Å²) in [6.45, 7) is 11.3. The molecule has 0 bridgehead atoms. The van der Waals surface area contributed by atoms with E-state index in [1.807, 2.05) is 0 Å². The molecule has 0 fully saturated rings. The van der Waals surface area contributed by atoms with Crippen molar-refractivity contribution in [2.75, 3.05) is 24.6 Å². The van der Waals surface area contributed by atoms with Crippen molar-refractivity contribution in [1.82, 2.24) is 0 Å². The van der Waals surface area contributed by atoms with Crippen LogP contribution in [0.25, 0.3) is 0 Å². The van der Waals surface area contributed by atoms with E-state index in [1.54, 1.807) is 18.5 Å². The van der Waals surface area contributed by atoms with E-state index >= 15 is 0 Å². The standard InChI is InChI=1S/C27H58P/c1-5-9-12-15-18-21-25-28(24-8-4,26-22-19-16-13-10-6-2)27-23-20-17-14-11-7-3/h28H,4-27H2,1-3H3. The molecule has 0 nitrogen and oxygen atoms in total. The maximum absolute atomic E-state index is 4.31. The summed E-state index contributed by atoms with van der Waals surface area (Å²) in [5.41, 5.74) is 0. The second-order valence-corrected chi connectivity index (χ2v) is 14.7. The summed E-state index contributed by atoms with van der Waals surface area (Å²) in [6.07, 6.45) is 34.0. The normalized spacial score (nSPS) is 12.6. The summed E-state index contributed by atoms with van der Waals surface area (Å²) in [5, 5.41) is 0. The Bertz CT molecular complexity index is 245. The average molecular weight is 414 g/mol. The average Bonchev–Trinajstić information content (AvgIpc) is 2.70. The monoisotopic (exact) mass is 413 g/mol. The van der Waals surface area contributed by atoms with Crippen molar-refractivity contribution in [3.8, 4) is 0 Å². The van der Waals surface area contributed by atoms with E-state index in [0.29, 0.717) is 0 Å². The van der Waals surface area contributed by atoms with Gasteiger partial charge >= 0.3 is 182 Å². The Labute approximate surface area is 181 Å². The van der Waals surface area contributed by atoms with Crippen LogP contribution in [0.3, 0.4) is 0 Å². The van der Waals surface area contributed by atoms with Gasteiger partial charge in [-0.15, -0.1) is 0 Å². The third-order valence-electron chi connectivity index (χ3n) is 6.89. The van der Waals surface area contributed by atoms with Crippen LogP contribution >= 0.6 is 7.26 Å². The van der Waals surface area contributed by atoms with Crippen LogP contribution in [0, 0.1) is 6.92 Å². The van der Waals surface area contributed by atoms with Gasteiger partial charge in [-0.2, -0.15) is 0 Å². The first-order valence-corrected chi connectivity index (χ1v) is 16.4. The first-order chi connectivity index (χ1) is 13.7. The number of unbranched alkanes of at least 4 members (excludes halogenated alkanes) is 15. The molecule has 0 aromatic rings. The summed E-state index contributed by atoms with van der Waals surface area (Å²) < 4.78 is 0. The molecule has 171 valence electrons. The Morgan fingerprint density at radius 2 is 0.679 bits per heavy atom. The number of rotatable bonds is 23. The van der Waals surface area contributed by atoms with Gasteiger partial charge in [0.25, 0.3) is 0 Å². The predicted molar refractivity (Wildman–Crippen MR) is 138 cm³/mol. The molecule has 0 rings (SSSR count). The maximum atomic E-state index is 4.31. The zero-order chi connectivity index (χ0) is 20.8. The quantitative estimate of drug-likeness (QED) is 0.115. The fraction of sp³-hybridized carbons (Fsp3) is 0.963. The van der Waals surface area contributed by atoms with Gasteiger partial charge in [0.15, 0.2) is 0 Å². The van der Waals surface area contributed by atoms with Crippen LogP contribution in [0.1, 0.15) is 143 Å². The zero-order valence-corrected chi connectivity index (χ0v) is 21.5. The third kappa shape index (κ3) is 17.3. The summed E-state index contributed by atoms with van der Waals surface area (Å²) in [4.78, 5) is 0. The first-order valence-electron chi connectivity index (χ1n) is 13.5. The summed E-state index contributed by atoms with van der Waals surface area (Å²) in [5.74, 6) is 0. The number of hydrogen-bond acceptors (Lipinski definition) is 0. The van der Waals surface area contributed by atoms with Crippen LogP contribution in [0.15, 0.2) is 0 Å². The molecular formula is C27H58P. The SMILES string of the molecule is [CH2]CC[PH](CCCCCCCC)(CCCCCCCC)CCCCCCCC. The molecule has 0 saturated carbocycles. The Hall–Kier alpha value is 0.430. The molecular weight excluding hydrogens is 355 g/mol. The van der Waals surface area contributed by atoms with Crippen molar-refractivity contribution in [2.24, 2.45) is 0 Å². The molecule has 0 aliphatic heterocycles. The van der Waals surface area contributed by atoms with Crippen LogP contribution in [-0.2, 0) is 0 Å². The first kappa shape index (κ1) is 28.4. The molecule has 1 heteroatoms. The van der Waals surface area contributed by atoms with Gasteiger partial charge in [0.2, 0.25) is 0 Å². The van der Waals surface area contributed by atoms with Gasteiger partial charge in [0, 0.05) is 0 Å². The molecule has 0 aromatic heterocycles. The predicted octanol–water partition coefficient (Wildman–Crippen LogP) is 10.0. The van der Waals surface area contributed by atoms with E-state index in [1.165, 1.54) is 128 Å². The Morgan fingerprint density at radius 3 is 0.964 bits per heavy atom. The summed E-state index contributed by atoms with van der Waals surface area (Å²) >= 11 is 0. The van der Waals surface area contributed by atoms with Crippen molar-refractivity contribution < 1.29 is 0 Å². The van der Waals surface area contributed by atoms with Gasteiger partial charge in [-0.25, -0.2) is 0 Å². The Kier molecular flexibility index (Phi) is 22.5. The van der Waals surface area contributed by atoms with Crippen molar-refractivity contribution >= 4 is 7.26 Å². The fourth-order valence-electron chi connectivity index (χ4n) is 4.97. The van der Waals surface area contributed by atoms with Crippen LogP contribution in [0.2, 0.25) is 0 Å². The second kappa shape index (κ2) is 22.1. The van der Waals surface area contributed by atoms with E-state index in [-0.39, 0.29) is 0 Å². The van der Waals surface area contributed by atoms with Gasteiger partial charge in [-0.3, -0.25) is 0 Å². The molecule has 0 atom stereocenters. The third-order valence-corrected chi connectivity index (χ3v) is 12.5. The molecule has 1 radical (unpaired) electrons. The molecule has 0 heterocycles. The molecule has 0 aliphatic carbocycles. The Balaban J connectivity index is 4.39. The molecule has 0 saturated heterocycles.